The van der Waals surface area contributed by atoms with Crippen molar-refractivity contribution in [1.82, 2.24) is 9.97 Å². The number of nitrogens with two attached hydrogens (primary N) is 2. The smallest absolute Gasteiger partial charge is 0.231 e. The fourth-order valence-electron chi connectivity index (χ4n) is 1.33. The lowest BCUT2D eigenvalue weighted by Gasteiger charge is -1.97. The summed E-state index contributed by atoms with van der Waals surface area (Å²) in [6, 6.07) is 5.55. The van der Waals surface area contributed by atoms with E-state index in [0.717, 1.165) is 5.52 Å². The van der Waals surface area contributed by atoms with Gasteiger partial charge in [0.15, 0.2) is 5.96 Å². The molecule has 0 bridgehead atoms. The molecule has 0 aliphatic rings. The van der Waals surface area contributed by atoms with Crippen molar-refractivity contribution in [3.05, 3.63) is 18.2 Å². The lowest BCUT2D eigenvalue weighted by molar-refractivity contribution is 0.419. The van der Waals surface area contributed by atoms with Gasteiger partial charge in [0, 0.05) is 0 Å². The van der Waals surface area contributed by atoms with Crippen LogP contribution in [0.15, 0.2) is 23.2 Å². The highest BCUT2D eigenvalue weighted by Gasteiger charge is 2.06. The van der Waals surface area contributed by atoms with Gasteiger partial charge in [-0.05, 0) is 12.1 Å². The Morgan fingerprint density at radius 2 is 2.27 bits per heavy atom. The van der Waals surface area contributed by atoms with Crippen LogP contribution in [0, 0.1) is 0 Å². The molecule has 1 aromatic heterocycles. The van der Waals surface area contributed by atoms with E-state index >= 15 is 0 Å². The number of fused-ring (bicyclic) bond motifs is 1. The molecular weight excluding hydrogens is 194 g/mol. The van der Waals surface area contributed by atoms with Crippen molar-refractivity contribution in [3.63, 3.8) is 0 Å². The van der Waals surface area contributed by atoms with E-state index in [4.69, 9.17) is 16.2 Å². The number of guanidine groups is 1. The van der Waals surface area contributed by atoms with Crippen molar-refractivity contribution in [1.29, 1.82) is 0 Å². The number of para-hydroxylation sites is 1. The predicted octanol–water partition coefficient (Wildman–Crippen LogP) is 0.476. The average Bonchev–Trinajstić information content (AvgIpc) is 2.58. The Morgan fingerprint density at radius 1 is 1.47 bits per heavy atom. The zero-order valence-electron chi connectivity index (χ0n) is 8.19. The highest BCUT2D eigenvalue weighted by Crippen LogP contribution is 2.25. The van der Waals surface area contributed by atoms with Crippen LogP contribution in [0.5, 0.6) is 5.75 Å². The highest BCUT2D eigenvalue weighted by molar-refractivity contribution is 5.85. The van der Waals surface area contributed by atoms with Crippen molar-refractivity contribution in [2.75, 3.05) is 7.11 Å². The Balaban J connectivity index is 2.60. The maximum atomic E-state index is 5.25. The Kier molecular flexibility index (Phi) is 2.17. The number of aromatic amines is 1. The molecule has 6 heteroatoms. The van der Waals surface area contributed by atoms with E-state index in [9.17, 15) is 0 Å². The van der Waals surface area contributed by atoms with Gasteiger partial charge in [-0.3, -0.25) is 0 Å². The Bertz CT molecular complexity index is 512. The topological polar surface area (TPSA) is 102 Å². The summed E-state index contributed by atoms with van der Waals surface area (Å²) in [6.45, 7) is 0. The highest BCUT2D eigenvalue weighted by atomic mass is 16.5. The van der Waals surface area contributed by atoms with E-state index in [1.54, 1.807) is 7.11 Å². The van der Waals surface area contributed by atoms with Crippen LogP contribution >= 0.6 is 0 Å². The van der Waals surface area contributed by atoms with Crippen LogP contribution in [0.1, 0.15) is 0 Å². The van der Waals surface area contributed by atoms with Crippen molar-refractivity contribution >= 4 is 22.9 Å². The number of hydrogen-bond donors (Lipinski definition) is 3. The first-order chi connectivity index (χ1) is 7.20. The predicted molar refractivity (Wildman–Crippen MR) is 58.1 cm³/mol. The molecule has 1 aromatic carbocycles. The van der Waals surface area contributed by atoms with E-state index in [-0.39, 0.29) is 5.96 Å². The second-order valence-electron chi connectivity index (χ2n) is 2.95. The van der Waals surface area contributed by atoms with Crippen LogP contribution in [-0.2, 0) is 0 Å². The molecule has 6 nitrogen and oxygen atoms in total. The summed E-state index contributed by atoms with van der Waals surface area (Å²) in [5, 5.41) is 0. The number of aromatic nitrogens is 2. The molecule has 0 aliphatic heterocycles. The summed E-state index contributed by atoms with van der Waals surface area (Å²) >= 11 is 0. The van der Waals surface area contributed by atoms with Gasteiger partial charge in [-0.15, -0.1) is 0 Å². The minimum Gasteiger partial charge on any atom is -0.494 e. The molecule has 0 spiro atoms. The average molecular weight is 205 g/mol. The molecule has 0 fully saturated rings. The molecule has 0 aliphatic carbocycles. The first-order valence-corrected chi connectivity index (χ1v) is 4.33. The number of methoxy groups -OCH3 is 1. The number of H-pyrrole nitrogens is 1. The first-order valence-electron chi connectivity index (χ1n) is 4.33. The van der Waals surface area contributed by atoms with Gasteiger partial charge in [-0.2, -0.15) is 4.99 Å². The number of nitrogens with one attached hydrogen (secondary N) is 1. The summed E-state index contributed by atoms with van der Waals surface area (Å²) < 4.78 is 5.15. The van der Waals surface area contributed by atoms with Crippen molar-refractivity contribution in [2.24, 2.45) is 16.5 Å². The van der Waals surface area contributed by atoms with E-state index in [2.05, 4.69) is 15.0 Å². The number of rotatable bonds is 2. The Hall–Kier alpha value is -2.24. The zero-order valence-corrected chi connectivity index (χ0v) is 8.19. The molecule has 0 saturated heterocycles. The fraction of sp³-hybridized carbons (Fsp3) is 0.111. The molecule has 2 aromatic rings. The summed E-state index contributed by atoms with van der Waals surface area (Å²) in [5.74, 6) is 1.02. The lowest BCUT2D eigenvalue weighted by Crippen LogP contribution is -2.22. The normalized spacial score (nSPS) is 10.2. The number of hydrogen-bond acceptors (Lipinski definition) is 3. The molecule has 1 heterocycles. The van der Waals surface area contributed by atoms with Crippen LogP contribution in [0.2, 0.25) is 0 Å². The maximum Gasteiger partial charge on any atom is 0.231 e. The van der Waals surface area contributed by atoms with Crippen molar-refractivity contribution in [3.8, 4) is 5.75 Å². The largest absolute Gasteiger partial charge is 0.494 e. The summed E-state index contributed by atoms with van der Waals surface area (Å²) in [7, 11) is 1.59. The van der Waals surface area contributed by atoms with E-state index in [1.807, 2.05) is 18.2 Å². The third kappa shape index (κ3) is 1.69. The van der Waals surface area contributed by atoms with Crippen LogP contribution in [0.25, 0.3) is 11.0 Å². The molecular formula is C9H11N5O. The molecule has 0 amide bonds. The van der Waals surface area contributed by atoms with Gasteiger partial charge < -0.3 is 21.2 Å². The quantitative estimate of drug-likeness (QED) is 0.490. The van der Waals surface area contributed by atoms with Crippen LogP contribution < -0.4 is 16.2 Å². The van der Waals surface area contributed by atoms with Gasteiger partial charge in [0.05, 0.1) is 12.6 Å². The Morgan fingerprint density at radius 3 is 2.93 bits per heavy atom. The molecule has 5 N–H and O–H groups in total. The van der Waals surface area contributed by atoms with E-state index in [0.29, 0.717) is 17.2 Å². The third-order valence-corrected chi connectivity index (χ3v) is 1.92. The Labute approximate surface area is 86.0 Å². The first kappa shape index (κ1) is 9.32. The number of benzene rings is 1. The number of nitrogens with zero attached hydrogens (tertiary/aromatic N) is 2. The molecule has 0 radical (unpaired) electrons. The number of imidazole rings is 1. The lowest BCUT2D eigenvalue weighted by atomic mass is 10.3. The van der Waals surface area contributed by atoms with Crippen molar-refractivity contribution in [2.45, 2.75) is 0 Å². The monoisotopic (exact) mass is 205 g/mol. The molecule has 78 valence electrons. The summed E-state index contributed by atoms with van der Waals surface area (Å²) in [6.07, 6.45) is 0. The van der Waals surface area contributed by atoms with Gasteiger partial charge in [-0.1, -0.05) is 6.07 Å². The second-order valence-corrected chi connectivity index (χ2v) is 2.95. The van der Waals surface area contributed by atoms with Gasteiger partial charge in [0.2, 0.25) is 5.95 Å². The summed E-state index contributed by atoms with van der Waals surface area (Å²) in [4.78, 5) is 11.0. The SMILES string of the molecule is COc1cccc2[nH]c(N=C(N)N)nc12. The minimum absolute atomic E-state index is 0.0342. The van der Waals surface area contributed by atoms with Gasteiger partial charge in [0.25, 0.3) is 0 Å². The number of aliphatic imine (C=N–C) groups is 1. The molecule has 0 atom stereocenters. The van der Waals surface area contributed by atoms with E-state index < -0.39 is 0 Å². The van der Waals surface area contributed by atoms with Crippen molar-refractivity contribution < 1.29 is 4.74 Å². The van der Waals surface area contributed by atoms with E-state index in [1.165, 1.54) is 0 Å². The minimum atomic E-state index is -0.0342. The van der Waals surface area contributed by atoms with Gasteiger partial charge >= 0.3 is 0 Å². The second kappa shape index (κ2) is 3.49. The fourth-order valence-corrected chi connectivity index (χ4v) is 1.33. The molecule has 2 rings (SSSR count). The maximum absolute atomic E-state index is 5.25. The van der Waals surface area contributed by atoms with Gasteiger partial charge in [0.1, 0.15) is 11.3 Å². The van der Waals surface area contributed by atoms with Crippen LogP contribution in [0.3, 0.4) is 0 Å². The molecule has 0 saturated carbocycles. The molecule has 15 heavy (non-hydrogen) atoms. The number of ether oxygens (including phenoxy) is 1. The van der Waals surface area contributed by atoms with Crippen LogP contribution in [0.4, 0.5) is 5.95 Å². The third-order valence-electron chi connectivity index (χ3n) is 1.92. The van der Waals surface area contributed by atoms with Gasteiger partial charge in [-0.25, -0.2) is 4.98 Å². The zero-order chi connectivity index (χ0) is 10.8. The molecule has 0 unspecified atom stereocenters. The van der Waals surface area contributed by atoms with Crippen LogP contribution in [-0.4, -0.2) is 23.0 Å². The standard InChI is InChI=1S/C9H11N5O/c1-15-6-4-2-3-5-7(6)13-9(12-5)14-8(10)11/h2-4H,1H3,(H5,10,11,12,13,14). The summed E-state index contributed by atoms with van der Waals surface area (Å²) in [5.41, 5.74) is 12.0.